The van der Waals surface area contributed by atoms with Crippen LogP contribution >= 0.6 is 0 Å². The van der Waals surface area contributed by atoms with E-state index in [9.17, 15) is 35.9 Å². The quantitative estimate of drug-likeness (QED) is 0.400. The van der Waals surface area contributed by atoms with Gasteiger partial charge >= 0.3 is 12.4 Å². The molecule has 1 aliphatic rings. The van der Waals surface area contributed by atoms with Crippen LogP contribution in [0.5, 0.6) is 0 Å². The largest absolute Gasteiger partial charge is 0.454 e. The second kappa shape index (κ2) is 10.8. The summed E-state index contributed by atoms with van der Waals surface area (Å²) < 4.78 is 79.3. The first-order valence-corrected chi connectivity index (χ1v) is 10.7. The average Bonchev–Trinajstić information content (AvgIpc) is 3.05. The lowest BCUT2D eigenvalue weighted by Gasteiger charge is -2.22. The van der Waals surface area contributed by atoms with Gasteiger partial charge in [-0.3, -0.25) is 9.59 Å². The third-order valence-corrected chi connectivity index (χ3v) is 5.36. The normalized spacial score (nSPS) is 16.2. The SMILES string of the molecule is O=C(/C(=C\N1CCCN(/C=C(/C(=O)C(F)(F)F)c2ccccc2)CC1)c1ccccc1)C(F)(F)F. The number of halogens is 6. The van der Waals surface area contributed by atoms with Gasteiger partial charge in [-0.2, -0.15) is 26.3 Å². The maximum atomic E-state index is 13.2. The third-order valence-electron chi connectivity index (χ3n) is 5.36. The maximum Gasteiger partial charge on any atom is 0.454 e. The van der Waals surface area contributed by atoms with Crippen LogP contribution in [0.1, 0.15) is 17.5 Å². The smallest absolute Gasteiger partial charge is 0.375 e. The Morgan fingerprint density at radius 1 is 0.600 bits per heavy atom. The number of alkyl halides is 6. The van der Waals surface area contributed by atoms with Crippen LogP contribution in [0.4, 0.5) is 26.3 Å². The van der Waals surface area contributed by atoms with Gasteiger partial charge in [-0.05, 0) is 17.5 Å². The lowest BCUT2D eigenvalue weighted by Crippen LogP contribution is -2.29. The number of ketones is 2. The van der Waals surface area contributed by atoms with Crippen LogP contribution < -0.4 is 0 Å². The zero-order valence-corrected chi connectivity index (χ0v) is 18.4. The van der Waals surface area contributed by atoms with Crippen molar-refractivity contribution in [2.45, 2.75) is 18.8 Å². The van der Waals surface area contributed by atoms with Crippen LogP contribution in [0.15, 0.2) is 73.1 Å². The molecule has 4 nitrogen and oxygen atoms in total. The molecule has 0 aromatic heterocycles. The summed E-state index contributed by atoms with van der Waals surface area (Å²) in [6.45, 7) is 0.833. The molecule has 3 rings (SSSR count). The van der Waals surface area contributed by atoms with Crippen LogP contribution in [0, 0.1) is 0 Å². The van der Waals surface area contributed by atoms with Crippen molar-refractivity contribution in [3.63, 3.8) is 0 Å². The van der Waals surface area contributed by atoms with Crippen molar-refractivity contribution in [2.24, 2.45) is 0 Å². The van der Waals surface area contributed by atoms with Crippen molar-refractivity contribution in [1.82, 2.24) is 9.80 Å². The van der Waals surface area contributed by atoms with Gasteiger partial charge in [0, 0.05) is 38.6 Å². The number of allylic oxidation sites excluding steroid dienone is 2. The first kappa shape index (κ1) is 26.1. The highest BCUT2D eigenvalue weighted by atomic mass is 19.4. The molecular weight excluding hydrogens is 474 g/mol. The Kier molecular flexibility index (Phi) is 8.03. The van der Waals surface area contributed by atoms with E-state index in [1.54, 1.807) is 12.1 Å². The lowest BCUT2D eigenvalue weighted by atomic mass is 10.0. The summed E-state index contributed by atoms with van der Waals surface area (Å²) in [4.78, 5) is 27.2. The van der Waals surface area contributed by atoms with Crippen molar-refractivity contribution < 1.29 is 35.9 Å². The van der Waals surface area contributed by atoms with Gasteiger partial charge < -0.3 is 9.80 Å². The fourth-order valence-corrected chi connectivity index (χ4v) is 3.65. The number of benzene rings is 2. The van der Waals surface area contributed by atoms with Gasteiger partial charge in [0.2, 0.25) is 0 Å². The fourth-order valence-electron chi connectivity index (χ4n) is 3.65. The monoisotopic (exact) mass is 496 g/mol. The Bertz CT molecular complexity index is 1000. The molecule has 0 atom stereocenters. The van der Waals surface area contributed by atoms with Crippen LogP contribution in [0.2, 0.25) is 0 Å². The molecule has 186 valence electrons. The van der Waals surface area contributed by atoms with Crippen LogP contribution in [-0.4, -0.2) is 59.9 Å². The standard InChI is InChI=1S/C25H22F6N2O2/c26-24(27,28)22(34)20(18-8-3-1-4-9-18)16-32-12-7-13-33(15-14-32)17-21(23(35)25(29,30)31)19-10-5-2-6-11-19/h1-6,8-11,16-17H,7,12-15H2/b20-16-,21-17+. The van der Waals surface area contributed by atoms with E-state index in [-0.39, 0.29) is 37.3 Å². The second-order valence-electron chi connectivity index (χ2n) is 7.90. The molecule has 0 N–H and O–H groups in total. The summed E-state index contributed by atoms with van der Waals surface area (Å²) in [5.74, 6) is -3.96. The second-order valence-corrected chi connectivity index (χ2v) is 7.90. The Morgan fingerprint density at radius 3 is 1.26 bits per heavy atom. The van der Waals surface area contributed by atoms with Gasteiger partial charge in [0.1, 0.15) is 0 Å². The van der Waals surface area contributed by atoms with Crippen molar-refractivity contribution in [3.05, 3.63) is 84.2 Å². The topological polar surface area (TPSA) is 40.6 Å². The number of hydrogen-bond acceptors (Lipinski definition) is 4. The summed E-state index contributed by atoms with van der Waals surface area (Å²) in [6.07, 6.45) is -7.44. The molecule has 0 radical (unpaired) electrons. The summed E-state index contributed by atoms with van der Waals surface area (Å²) >= 11 is 0. The van der Waals surface area contributed by atoms with E-state index >= 15 is 0 Å². The fraction of sp³-hybridized carbons (Fsp3) is 0.280. The third kappa shape index (κ3) is 6.97. The summed E-state index contributed by atoms with van der Waals surface area (Å²) in [5.41, 5.74) is -0.811. The van der Waals surface area contributed by atoms with Crippen molar-refractivity contribution in [1.29, 1.82) is 0 Å². The van der Waals surface area contributed by atoms with Gasteiger partial charge in [-0.15, -0.1) is 0 Å². The van der Waals surface area contributed by atoms with E-state index in [1.807, 2.05) is 0 Å². The van der Waals surface area contributed by atoms with E-state index in [0.717, 1.165) is 12.4 Å². The molecule has 0 amide bonds. The predicted octanol–water partition coefficient (Wildman–Crippen LogP) is 5.34. The zero-order chi connectivity index (χ0) is 25.6. The van der Waals surface area contributed by atoms with E-state index < -0.39 is 35.1 Å². The number of hydrogen-bond donors (Lipinski definition) is 0. The minimum absolute atomic E-state index is 0.109. The maximum absolute atomic E-state index is 13.2. The molecule has 0 saturated carbocycles. The summed E-state index contributed by atoms with van der Waals surface area (Å²) in [5, 5.41) is 0. The number of nitrogens with zero attached hydrogens (tertiary/aromatic N) is 2. The molecule has 0 unspecified atom stereocenters. The first-order valence-electron chi connectivity index (χ1n) is 10.7. The first-order chi connectivity index (χ1) is 16.5. The molecule has 1 saturated heterocycles. The van der Waals surface area contributed by atoms with Gasteiger partial charge in [0.05, 0.1) is 11.1 Å². The van der Waals surface area contributed by atoms with Crippen molar-refractivity contribution in [3.8, 4) is 0 Å². The number of carbonyl (C=O) groups excluding carboxylic acids is 2. The predicted molar refractivity (Wildman–Crippen MR) is 119 cm³/mol. The molecule has 1 heterocycles. The molecule has 2 aromatic carbocycles. The van der Waals surface area contributed by atoms with E-state index in [2.05, 4.69) is 0 Å². The Labute approximate surface area is 198 Å². The minimum atomic E-state index is -5.06. The lowest BCUT2D eigenvalue weighted by molar-refractivity contribution is -0.164. The number of rotatable bonds is 6. The number of carbonyl (C=O) groups is 2. The van der Waals surface area contributed by atoms with E-state index in [4.69, 9.17) is 0 Å². The van der Waals surface area contributed by atoms with Crippen LogP contribution in [0.3, 0.4) is 0 Å². The van der Waals surface area contributed by atoms with Gasteiger partial charge in [-0.1, -0.05) is 60.7 Å². The Balaban J connectivity index is 1.86. The van der Waals surface area contributed by atoms with E-state index in [0.29, 0.717) is 6.42 Å². The molecule has 1 fully saturated rings. The van der Waals surface area contributed by atoms with Gasteiger partial charge in [0.25, 0.3) is 11.6 Å². The Morgan fingerprint density at radius 2 is 0.943 bits per heavy atom. The molecule has 35 heavy (non-hydrogen) atoms. The van der Waals surface area contributed by atoms with Crippen molar-refractivity contribution >= 4 is 22.7 Å². The van der Waals surface area contributed by atoms with Crippen LogP contribution in [0.25, 0.3) is 11.1 Å². The Hall–Kier alpha value is -3.56. The molecular formula is C25H22F6N2O2. The highest BCUT2D eigenvalue weighted by molar-refractivity contribution is 6.23. The van der Waals surface area contributed by atoms with Crippen LogP contribution in [-0.2, 0) is 9.59 Å². The van der Waals surface area contributed by atoms with Gasteiger partial charge in [-0.25, -0.2) is 0 Å². The summed E-state index contributed by atoms with van der Waals surface area (Å²) in [7, 11) is 0. The molecule has 2 aromatic rings. The average molecular weight is 496 g/mol. The van der Waals surface area contributed by atoms with Crippen molar-refractivity contribution in [2.75, 3.05) is 26.2 Å². The van der Waals surface area contributed by atoms with Gasteiger partial charge in [0.15, 0.2) is 0 Å². The van der Waals surface area contributed by atoms with E-state index in [1.165, 1.54) is 58.3 Å². The number of Topliss-reactive ketones (excluding diaryl/α,β-unsaturated/α-hetero) is 2. The zero-order valence-electron chi connectivity index (χ0n) is 18.4. The molecule has 0 spiro atoms. The summed E-state index contributed by atoms with van der Waals surface area (Å²) in [6, 6.07) is 14.9. The molecule has 0 aliphatic carbocycles. The molecule has 1 aliphatic heterocycles. The molecule has 10 heteroatoms. The highest BCUT2D eigenvalue weighted by Gasteiger charge is 2.42. The molecule has 0 bridgehead atoms. The minimum Gasteiger partial charge on any atom is -0.375 e. The highest BCUT2D eigenvalue weighted by Crippen LogP contribution is 2.29.